The number of carboxylic acids is 1. The van der Waals surface area contributed by atoms with Gasteiger partial charge in [0.25, 0.3) is 0 Å². The summed E-state index contributed by atoms with van der Waals surface area (Å²) in [4.78, 5) is 39.0. The lowest BCUT2D eigenvalue weighted by molar-refractivity contribution is -0.166. The second kappa shape index (κ2) is 9.38. The zero-order chi connectivity index (χ0) is 20.1. The highest BCUT2D eigenvalue weighted by Crippen LogP contribution is 2.32. The van der Waals surface area contributed by atoms with Crippen molar-refractivity contribution in [1.82, 2.24) is 4.90 Å². The molecule has 1 aliphatic heterocycles. The molecular formula is C20H35NO5. The van der Waals surface area contributed by atoms with Crippen LogP contribution in [0.5, 0.6) is 0 Å². The van der Waals surface area contributed by atoms with Gasteiger partial charge in [-0.05, 0) is 52.4 Å². The monoisotopic (exact) mass is 369 g/mol. The van der Waals surface area contributed by atoms with Crippen molar-refractivity contribution < 1.29 is 24.2 Å². The molecule has 1 amide bonds. The van der Waals surface area contributed by atoms with Gasteiger partial charge in [0.05, 0.1) is 11.8 Å². The van der Waals surface area contributed by atoms with Crippen LogP contribution < -0.4 is 0 Å². The maximum Gasteiger partial charge on any atom is 0.326 e. The number of carbonyl (C=O) groups excluding carboxylic acids is 2. The molecule has 1 fully saturated rings. The summed E-state index contributed by atoms with van der Waals surface area (Å²) in [6.07, 6.45) is 3.02. The molecule has 0 aliphatic carbocycles. The average molecular weight is 370 g/mol. The molecule has 0 spiro atoms. The van der Waals surface area contributed by atoms with Crippen molar-refractivity contribution in [2.24, 2.45) is 17.8 Å². The van der Waals surface area contributed by atoms with E-state index in [1.165, 1.54) is 4.90 Å². The van der Waals surface area contributed by atoms with Gasteiger partial charge in [0.2, 0.25) is 5.91 Å². The highest BCUT2D eigenvalue weighted by atomic mass is 16.6. The second-order valence-corrected chi connectivity index (χ2v) is 8.69. The van der Waals surface area contributed by atoms with E-state index in [0.29, 0.717) is 32.2 Å². The number of rotatable bonds is 8. The molecule has 1 rings (SSSR count). The molecular weight excluding hydrogens is 334 g/mol. The summed E-state index contributed by atoms with van der Waals surface area (Å²) in [5, 5.41) is 9.41. The fourth-order valence-corrected chi connectivity index (χ4v) is 3.62. The van der Waals surface area contributed by atoms with Crippen molar-refractivity contribution in [3.8, 4) is 0 Å². The summed E-state index contributed by atoms with van der Waals surface area (Å²) < 4.78 is 5.58. The van der Waals surface area contributed by atoms with E-state index in [1.807, 2.05) is 41.5 Å². The van der Waals surface area contributed by atoms with Crippen LogP contribution in [-0.2, 0) is 19.1 Å². The Morgan fingerprint density at radius 1 is 1.19 bits per heavy atom. The summed E-state index contributed by atoms with van der Waals surface area (Å²) in [5.74, 6) is -2.40. The lowest BCUT2D eigenvalue weighted by Crippen LogP contribution is -2.47. The molecule has 6 heteroatoms. The average Bonchev–Trinajstić information content (AvgIpc) is 2.97. The largest absolute Gasteiger partial charge is 0.480 e. The van der Waals surface area contributed by atoms with E-state index in [2.05, 4.69) is 0 Å². The number of likely N-dealkylation sites (tertiary alicyclic amines) is 1. The third-order valence-electron chi connectivity index (χ3n) is 4.66. The quantitative estimate of drug-likeness (QED) is 0.662. The predicted molar refractivity (Wildman–Crippen MR) is 99.6 cm³/mol. The first kappa shape index (κ1) is 22.5. The van der Waals surface area contributed by atoms with Crippen LogP contribution in [0.3, 0.4) is 0 Å². The zero-order valence-corrected chi connectivity index (χ0v) is 17.1. The van der Waals surface area contributed by atoms with Crippen LogP contribution in [0.2, 0.25) is 0 Å². The van der Waals surface area contributed by atoms with Crippen LogP contribution in [0.4, 0.5) is 0 Å². The molecule has 0 radical (unpaired) electrons. The number of esters is 1. The molecule has 0 bridgehead atoms. The minimum absolute atomic E-state index is 0.215. The number of carboxylic acid groups (broad SMARTS) is 1. The first-order chi connectivity index (χ1) is 12.0. The van der Waals surface area contributed by atoms with Gasteiger partial charge in [-0.3, -0.25) is 9.59 Å². The van der Waals surface area contributed by atoms with Crippen molar-refractivity contribution in [2.75, 3.05) is 6.54 Å². The Hall–Kier alpha value is -1.59. The van der Waals surface area contributed by atoms with Gasteiger partial charge in [-0.2, -0.15) is 0 Å². The molecule has 6 nitrogen and oxygen atoms in total. The van der Waals surface area contributed by atoms with Gasteiger partial charge in [-0.15, -0.1) is 0 Å². The Balaban J connectivity index is 3.12. The van der Waals surface area contributed by atoms with Crippen LogP contribution in [0.15, 0.2) is 0 Å². The summed E-state index contributed by atoms with van der Waals surface area (Å²) in [7, 11) is 0. The van der Waals surface area contributed by atoms with Crippen LogP contribution in [0, 0.1) is 17.8 Å². The van der Waals surface area contributed by atoms with Crippen molar-refractivity contribution in [3.63, 3.8) is 0 Å². The molecule has 0 aromatic rings. The van der Waals surface area contributed by atoms with Crippen LogP contribution in [-0.4, -0.2) is 46.0 Å². The molecule has 1 N–H and O–H groups in total. The lowest BCUT2D eigenvalue weighted by atomic mass is 9.81. The Morgan fingerprint density at radius 3 is 2.27 bits per heavy atom. The normalized spacial score (nSPS) is 20.1. The molecule has 3 atom stereocenters. The summed E-state index contributed by atoms with van der Waals surface area (Å²) in [6.45, 7) is 11.9. The Morgan fingerprint density at radius 2 is 1.81 bits per heavy atom. The molecule has 0 aromatic carbocycles. The fourth-order valence-electron chi connectivity index (χ4n) is 3.62. The predicted octanol–water partition coefficient (Wildman–Crippen LogP) is 3.48. The topological polar surface area (TPSA) is 83.9 Å². The van der Waals surface area contributed by atoms with Crippen molar-refractivity contribution in [1.29, 1.82) is 0 Å². The number of nitrogens with zero attached hydrogens (tertiary/aromatic N) is 1. The van der Waals surface area contributed by atoms with Gasteiger partial charge in [0.1, 0.15) is 11.6 Å². The first-order valence-electron chi connectivity index (χ1n) is 9.74. The second-order valence-electron chi connectivity index (χ2n) is 8.69. The third-order valence-corrected chi connectivity index (χ3v) is 4.66. The van der Waals surface area contributed by atoms with Crippen molar-refractivity contribution >= 4 is 17.8 Å². The van der Waals surface area contributed by atoms with Gasteiger partial charge in [-0.25, -0.2) is 4.79 Å². The Kier molecular flexibility index (Phi) is 8.10. The van der Waals surface area contributed by atoms with Crippen molar-refractivity contribution in [2.45, 2.75) is 85.3 Å². The minimum atomic E-state index is -0.969. The molecule has 1 heterocycles. The highest BCUT2D eigenvalue weighted by Gasteiger charge is 2.42. The minimum Gasteiger partial charge on any atom is -0.480 e. The smallest absolute Gasteiger partial charge is 0.326 e. The number of carbonyl (C=O) groups is 3. The van der Waals surface area contributed by atoms with Crippen molar-refractivity contribution in [3.05, 3.63) is 0 Å². The molecule has 26 heavy (non-hydrogen) atoms. The Labute approximate surface area is 157 Å². The molecule has 1 unspecified atom stereocenters. The SMILES string of the molecule is CCC[C@H](C(=O)OC(C)(C)C)[C@@H](CC(C)C)C(=O)N1CCCC1C(=O)O. The van der Waals surface area contributed by atoms with Crippen LogP contribution in [0.1, 0.15) is 73.6 Å². The van der Waals surface area contributed by atoms with E-state index >= 15 is 0 Å². The zero-order valence-electron chi connectivity index (χ0n) is 17.1. The maximum absolute atomic E-state index is 13.2. The third kappa shape index (κ3) is 6.29. The van der Waals surface area contributed by atoms with E-state index in [-0.39, 0.29) is 17.8 Å². The van der Waals surface area contributed by atoms with Gasteiger partial charge in [0.15, 0.2) is 0 Å². The van der Waals surface area contributed by atoms with Gasteiger partial charge in [-0.1, -0.05) is 27.2 Å². The number of aliphatic carboxylic acids is 1. The highest BCUT2D eigenvalue weighted by molar-refractivity contribution is 5.89. The lowest BCUT2D eigenvalue weighted by Gasteiger charge is -2.33. The Bertz CT molecular complexity index is 509. The molecule has 0 saturated carbocycles. The summed E-state index contributed by atoms with van der Waals surface area (Å²) in [5.41, 5.74) is -0.619. The van der Waals surface area contributed by atoms with E-state index < -0.39 is 29.4 Å². The molecule has 150 valence electrons. The fraction of sp³-hybridized carbons (Fsp3) is 0.850. The summed E-state index contributed by atoms with van der Waals surface area (Å²) in [6, 6.07) is -0.780. The van der Waals surface area contributed by atoms with Gasteiger partial charge < -0.3 is 14.7 Å². The number of ether oxygens (including phenoxy) is 1. The molecule has 0 aromatic heterocycles. The van der Waals surface area contributed by atoms with E-state index in [4.69, 9.17) is 4.74 Å². The van der Waals surface area contributed by atoms with Gasteiger partial charge >= 0.3 is 11.9 Å². The molecule has 1 aliphatic rings. The first-order valence-corrected chi connectivity index (χ1v) is 9.74. The summed E-state index contributed by atoms with van der Waals surface area (Å²) >= 11 is 0. The van der Waals surface area contributed by atoms with Crippen LogP contribution >= 0.6 is 0 Å². The van der Waals surface area contributed by atoms with Crippen LogP contribution in [0.25, 0.3) is 0 Å². The standard InChI is InChI=1S/C20H35NO5/c1-7-9-14(19(25)26-20(4,5)6)15(12-13(2)3)17(22)21-11-8-10-16(21)18(23)24/h13-16H,7-12H2,1-6H3,(H,23,24)/t14-,15+,16?/m0/s1. The number of hydrogen-bond donors (Lipinski definition) is 1. The number of hydrogen-bond acceptors (Lipinski definition) is 4. The number of amides is 1. The van der Waals surface area contributed by atoms with Gasteiger partial charge in [0, 0.05) is 6.54 Å². The van der Waals surface area contributed by atoms with E-state index in [0.717, 1.165) is 6.42 Å². The van der Waals surface area contributed by atoms with E-state index in [1.54, 1.807) is 0 Å². The maximum atomic E-state index is 13.2. The van der Waals surface area contributed by atoms with E-state index in [9.17, 15) is 19.5 Å². The molecule has 1 saturated heterocycles.